The predicted octanol–water partition coefficient (Wildman–Crippen LogP) is 2.32. The Kier molecular flexibility index (Phi) is 4.79. The van der Waals surface area contributed by atoms with Gasteiger partial charge in [-0.3, -0.25) is 18.9 Å². The zero-order chi connectivity index (χ0) is 21.8. The maximum Gasteiger partial charge on any atom is 0.390 e. The van der Waals surface area contributed by atoms with Crippen LogP contribution in [0.1, 0.15) is 43.0 Å². The average Bonchev–Trinajstić information content (AvgIpc) is 3.24. The van der Waals surface area contributed by atoms with Crippen LogP contribution in [-0.2, 0) is 18.6 Å². The molecule has 1 aliphatic rings. The number of hydrogen-bond acceptors (Lipinski definition) is 5. The second-order valence-electron chi connectivity index (χ2n) is 7.60. The molecule has 0 atom stereocenters. The van der Waals surface area contributed by atoms with Crippen molar-refractivity contribution in [3.8, 4) is 0 Å². The molecule has 3 aromatic rings. The van der Waals surface area contributed by atoms with Crippen molar-refractivity contribution >= 4 is 21.6 Å². The van der Waals surface area contributed by atoms with Crippen molar-refractivity contribution in [2.75, 3.05) is 0 Å². The van der Waals surface area contributed by atoms with E-state index in [1.165, 1.54) is 6.33 Å². The number of nitrogens with one attached hydrogen (secondary N) is 1. The lowest BCUT2D eigenvalue weighted by Crippen LogP contribution is -2.45. The van der Waals surface area contributed by atoms with Crippen LogP contribution in [0.15, 0.2) is 20.7 Å². The lowest BCUT2D eigenvalue weighted by atomic mass is 10.1. The van der Waals surface area contributed by atoms with Crippen molar-refractivity contribution in [2.45, 2.75) is 64.3 Å². The number of alkyl halides is 3. The van der Waals surface area contributed by atoms with E-state index in [1.807, 2.05) is 6.92 Å². The largest absolute Gasteiger partial charge is 0.390 e. The van der Waals surface area contributed by atoms with E-state index in [9.17, 15) is 27.6 Å². The minimum Gasteiger partial charge on any atom is -0.295 e. The van der Waals surface area contributed by atoms with Gasteiger partial charge in [-0.25, -0.2) is 14.3 Å². The van der Waals surface area contributed by atoms with Gasteiger partial charge < -0.3 is 0 Å². The van der Waals surface area contributed by atoms with Crippen LogP contribution in [0.25, 0.3) is 10.2 Å². The van der Waals surface area contributed by atoms with Crippen molar-refractivity contribution in [3.63, 3.8) is 0 Å². The van der Waals surface area contributed by atoms with Gasteiger partial charge in [0.15, 0.2) is 0 Å². The summed E-state index contributed by atoms with van der Waals surface area (Å²) in [6, 6.07) is 0. The molecule has 30 heavy (non-hydrogen) atoms. The highest BCUT2D eigenvalue weighted by molar-refractivity contribution is 7.18. The quantitative estimate of drug-likeness (QED) is 0.633. The summed E-state index contributed by atoms with van der Waals surface area (Å²) >= 11 is 1.05. The number of aromatic amines is 1. The summed E-state index contributed by atoms with van der Waals surface area (Å²) in [7, 11) is 0. The molecule has 0 aliphatic heterocycles. The molecule has 1 aliphatic carbocycles. The Balaban J connectivity index is 1.96. The van der Waals surface area contributed by atoms with Gasteiger partial charge in [0.05, 0.1) is 23.9 Å². The van der Waals surface area contributed by atoms with Crippen LogP contribution in [0.3, 0.4) is 0 Å². The maximum absolute atomic E-state index is 13.3. The number of aryl methyl sites for hydroxylation is 2. The third-order valence-corrected chi connectivity index (χ3v) is 7.10. The molecule has 12 heteroatoms. The molecule has 3 aromatic heterocycles. The molecule has 1 fully saturated rings. The molecule has 162 valence electrons. The Morgan fingerprint density at radius 3 is 2.50 bits per heavy atom. The number of aromatic nitrogens is 5. The summed E-state index contributed by atoms with van der Waals surface area (Å²) in [6.07, 6.45) is -2.55. The molecule has 0 spiro atoms. The normalized spacial score (nSPS) is 15.8. The lowest BCUT2D eigenvalue weighted by molar-refractivity contribution is -0.136. The average molecular weight is 443 g/mol. The van der Waals surface area contributed by atoms with Crippen molar-refractivity contribution in [3.05, 3.63) is 48.1 Å². The first-order valence-electron chi connectivity index (χ1n) is 9.53. The van der Waals surface area contributed by atoms with E-state index in [0.29, 0.717) is 29.7 Å². The van der Waals surface area contributed by atoms with E-state index in [2.05, 4.69) is 10.1 Å². The van der Waals surface area contributed by atoms with Gasteiger partial charge in [-0.05, 0) is 31.7 Å². The van der Waals surface area contributed by atoms with E-state index in [0.717, 1.165) is 25.2 Å². The van der Waals surface area contributed by atoms with Gasteiger partial charge >= 0.3 is 17.6 Å². The van der Waals surface area contributed by atoms with Gasteiger partial charge in [0, 0.05) is 11.4 Å². The van der Waals surface area contributed by atoms with Crippen molar-refractivity contribution < 1.29 is 13.2 Å². The highest BCUT2D eigenvalue weighted by atomic mass is 32.1. The van der Waals surface area contributed by atoms with E-state index in [1.54, 1.807) is 6.92 Å². The van der Waals surface area contributed by atoms with Gasteiger partial charge in [0.1, 0.15) is 11.2 Å². The fourth-order valence-electron chi connectivity index (χ4n) is 3.81. The predicted molar refractivity (Wildman–Crippen MR) is 105 cm³/mol. The van der Waals surface area contributed by atoms with Gasteiger partial charge in [-0.1, -0.05) is 6.92 Å². The Morgan fingerprint density at radius 1 is 1.27 bits per heavy atom. The standard InChI is InChI=1S/C18H20F3N5O3S/c1-3-17(4-5-17)26-13(27)12-10(2)11(8-25-15(28)22-9-23-25)30-14(12)24(16(26)29)7-6-18(19,20)21/h9H,3-8H2,1-2H3,(H,22,23,28). The van der Waals surface area contributed by atoms with Crippen LogP contribution in [0.4, 0.5) is 13.2 Å². The van der Waals surface area contributed by atoms with E-state index in [-0.39, 0.29) is 16.8 Å². The molecule has 4 rings (SSSR count). The summed E-state index contributed by atoms with van der Waals surface area (Å²) in [6.45, 7) is 3.03. The molecule has 0 amide bonds. The first-order chi connectivity index (χ1) is 14.1. The lowest BCUT2D eigenvalue weighted by Gasteiger charge is -2.19. The van der Waals surface area contributed by atoms with E-state index >= 15 is 0 Å². The Morgan fingerprint density at radius 2 is 1.97 bits per heavy atom. The summed E-state index contributed by atoms with van der Waals surface area (Å²) in [4.78, 5) is 41.4. The highest BCUT2D eigenvalue weighted by Crippen LogP contribution is 2.45. The number of rotatable bonds is 6. The van der Waals surface area contributed by atoms with Gasteiger partial charge in [-0.2, -0.15) is 18.3 Å². The van der Waals surface area contributed by atoms with E-state index in [4.69, 9.17) is 0 Å². The highest BCUT2D eigenvalue weighted by Gasteiger charge is 2.46. The number of halogens is 3. The van der Waals surface area contributed by atoms with Crippen molar-refractivity contribution in [1.29, 1.82) is 0 Å². The Labute approximate surface area is 171 Å². The first-order valence-corrected chi connectivity index (χ1v) is 10.3. The molecule has 1 N–H and O–H groups in total. The third-order valence-electron chi connectivity index (χ3n) is 5.80. The summed E-state index contributed by atoms with van der Waals surface area (Å²) in [5.74, 6) is 0. The van der Waals surface area contributed by atoms with Crippen LogP contribution in [0.5, 0.6) is 0 Å². The second-order valence-corrected chi connectivity index (χ2v) is 8.68. The zero-order valence-corrected chi connectivity index (χ0v) is 17.2. The molecule has 0 bridgehead atoms. The van der Waals surface area contributed by atoms with Gasteiger partial charge in [0.2, 0.25) is 0 Å². The Hall–Kier alpha value is -2.63. The van der Waals surface area contributed by atoms with Crippen LogP contribution in [0.2, 0.25) is 0 Å². The van der Waals surface area contributed by atoms with E-state index < -0.39 is 41.6 Å². The van der Waals surface area contributed by atoms with Crippen LogP contribution >= 0.6 is 11.3 Å². The molecule has 3 heterocycles. The molecule has 0 aromatic carbocycles. The van der Waals surface area contributed by atoms with Crippen LogP contribution in [-0.4, -0.2) is 30.1 Å². The minimum atomic E-state index is -4.44. The van der Waals surface area contributed by atoms with Crippen LogP contribution in [0, 0.1) is 6.92 Å². The number of H-pyrrole nitrogens is 1. The SMILES string of the molecule is CCC1(n2c(=O)c3c(C)c(Cn4nc[nH]c4=O)sc3n(CCC(F)(F)F)c2=O)CC1. The van der Waals surface area contributed by atoms with Gasteiger partial charge in [-0.15, -0.1) is 11.3 Å². The molecular weight excluding hydrogens is 423 g/mol. The smallest absolute Gasteiger partial charge is 0.295 e. The Bertz CT molecular complexity index is 1290. The molecular formula is C18H20F3N5O3S. The summed E-state index contributed by atoms with van der Waals surface area (Å²) in [5.41, 5.74) is -1.71. The minimum absolute atomic E-state index is 0.0549. The molecule has 0 radical (unpaired) electrons. The first kappa shape index (κ1) is 20.6. The second kappa shape index (κ2) is 6.96. The maximum atomic E-state index is 13.3. The number of fused-ring (bicyclic) bond motifs is 1. The van der Waals surface area contributed by atoms with Crippen molar-refractivity contribution in [1.82, 2.24) is 23.9 Å². The summed E-state index contributed by atoms with van der Waals surface area (Å²) < 4.78 is 42.1. The molecule has 0 saturated heterocycles. The molecule has 8 nitrogen and oxygen atoms in total. The molecule has 1 saturated carbocycles. The van der Waals surface area contributed by atoms with Crippen LogP contribution < -0.4 is 16.9 Å². The third kappa shape index (κ3) is 3.32. The fourth-order valence-corrected chi connectivity index (χ4v) is 5.10. The number of nitrogens with zero attached hydrogens (tertiary/aromatic N) is 4. The topological polar surface area (TPSA) is 94.7 Å². The zero-order valence-electron chi connectivity index (χ0n) is 16.4. The fraction of sp³-hybridized carbons (Fsp3) is 0.556. The van der Waals surface area contributed by atoms with Gasteiger partial charge in [0.25, 0.3) is 5.56 Å². The summed E-state index contributed by atoms with van der Waals surface area (Å²) in [5, 5.41) is 4.12. The molecule has 0 unspecified atom stereocenters. The number of hydrogen-bond donors (Lipinski definition) is 1. The number of thiophene rings is 1. The van der Waals surface area contributed by atoms with Crippen molar-refractivity contribution in [2.24, 2.45) is 0 Å². The monoisotopic (exact) mass is 443 g/mol.